The molecule has 0 fully saturated rings. The monoisotopic (exact) mass is 306 g/mol. The summed E-state index contributed by atoms with van der Waals surface area (Å²) in [7, 11) is 0. The summed E-state index contributed by atoms with van der Waals surface area (Å²) in [6, 6.07) is 8.67. The van der Waals surface area contributed by atoms with E-state index >= 15 is 0 Å². The molecule has 1 aromatic carbocycles. The van der Waals surface area contributed by atoms with E-state index in [0.717, 1.165) is 36.4 Å². The molecule has 23 heavy (non-hydrogen) atoms. The summed E-state index contributed by atoms with van der Waals surface area (Å²) < 4.78 is 5.24. The Balaban J connectivity index is 1.65. The molecular formula is C18H18N4O. The molecule has 0 unspecified atom stereocenters. The van der Waals surface area contributed by atoms with Crippen molar-refractivity contribution in [3.8, 4) is 0 Å². The summed E-state index contributed by atoms with van der Waals surface area (Å²) in [5, 5.41) is 4.92. The standard InChI is InChI=1S/C18H18N4O/c1-12-4-3-5-15(10-12)14-6-8-22(9-7-14)17-16-13(2)21-23-18(16)20-11-19-17/h3-6,10-11H,7-9H2,1-2H3. The third kappa shape index (κ3) is 2.48. The molecule has 3 heterocycles. The van der Waals surface area contributed by atoms with Gasteiger partial charge < -0.3 is 9.42 Å². The van der Waals surface area contributed by atoms with E-state index in [-0.39, 0.29) is 0 Å². The van der Waals surface area contributed by atoms with Crippen LogP contribution in [0, 0.1) is 13.8 Å². The molecule has 1 aliphatic rings. The quantitative estimate of drug-likeness (QED) is 0.725. The fourth-order valence-electron chi connectivity index (χ4n) is 3.11. The van der Waals surface area contributed by atoms with Gasteiger partial charge in [0.05, 0.1) is 5.69 Å². The van der Waals surface area contributed by atoms with Gasteiger partial charge in [-0.15, -0.1) is 0 Å². The lowest BCUT2D eigenvalue weighted by atomic mass is 9.98. The van der Waals surface area contributed by atoms with Crippen molar-refractivity contribution in [1.82, 2.24) is 15.1 Å². The average molecular weight is 306 g/mol. The first-order valence-corrected chi connectivity index (χ1v) is 7.80. The fourth-order valence-corrected chi connectivity index (χ4v) is 3.11. The molecule has 3 aromatic rings. The zero-order chi connectivity index (χ0) is 15.8. The molecule has 116 valence electrons. The normalized spacial score (nSPS) is 15.0. The number of rotatable bonds is 2. The summed E-state index contributed by atoms with van der Waals surface area (Å²) in [4.78, 5) is 10.9. The van der Waals surface area contributed by atoms with Crippen molar-refractivity contribution in [2.24, 2.45) is 0 Å². The Morgan fingerprint density at radius 1 is 1.17 bits per heavy atom. The van der Waals surface area contributed by atoms with Crippen LogP contribution in [0.1, 0.15) is 23.2 Å². The third-order valence-electron chi connectivity index (χ3n) is 4.32. The number of anilines is 1. The maximum Gasteiger partial charge on any atom is 0.263 e. The van der Waals surface area contributed by atoms with Gasteiger partial charge in [0.2, 0.25) is 0 Å². The van der Waals surface area contributed by atoms with E-state index in [9.17, 15) is 0 Å². The Hall–Kier alpha value is -2.69. The van der Waals surface area contributed by atoms with Gasteiger partial charge in [-0.2, -0.15) is 4.98 Å². The highest BCUT2D eigenvalue weighted by Crippen LogP contribution is 2.30. The van der Waals surface area contributed by atoms with Crippen molar-refractivity contribution in [3.63, 3.8) is 0 Å². The van der Waals surface area contributed by atoms with E-state index in [0.29, 0.717) is 5.71 Å². The number of nitrogens with zero attached hydrogens (tertiary/aromatic N) is 4. The first-order chi connectivity index (χ1) is 11.2. The molecule has 1 aliphatic heterocycles. The van der Waals surface area contributed by atoms with Crippen molar-refractivity contribution in [2.75, 3.05) is 18.0 Å². The summed E-state index contributed by atoms with van der Waals surface area (Å²) in [5.41, 5.74) is 5.41. The van der Waals surface area contributed by atoms with Gasteiger partial charge in [-0.3, -0.25) is 0 Å². The largest absolute Gasteiger partial charge is 0.352 e. The minimum Gasteiger partial charge on any atom is -0.352 e. The fraction of sp³-hybridized carbons (Fsp3) is 0.278. The van der Waals surface area contributed by atoms with Crippen LogP contribution < -0.4 is 4.90 Å². The molecule has 0 bridgehead atoms. The van der Waals surface area contributed by atoms with E-state index < -0.39 is 0 Å². The highest BCUT2D eigenvalue weighted by atomic mass is 16.5. The van der Waals surface area contributed by atoms with Crippen LogP contribution in [0.5, 0.6) is 0 Å². The highest BCUT2D eigenvalue weighted by Gasteiger charge is 2.20. The third-order valence-corrected chi connectivity index (χ3v) is 4.32. The molecule has 0 atom stereocenters. The van der Waals surface area contributed by atoms with Crippen LogP contribution in [-0.2, 0) is 0 Å². The number of aryl methyl sites for hydroxylation is 2. The topological polar surface area (TPSA) is 55.1 Å². The Labute approximate surface area is 134 Å². The first kappa shape index (κ1) is 13.9. The molecule has 5 nitrogen and oxygen atoms in total. The Bertz CT molecular complexity index is 897. The molecule has 2 aromatic heterocycles. The van der Waals surface area contributed by atoms with Crippen LogP contribution in [0.4, 0.5) is 5.82 Å². The lowest BCUT2D eigenvalue weighted by molar-refractivity contribution is 0.442. The predicted molar refractivity (Wildman–Crippen MR) is 90.3 cm³/mol. The lowest BCUT2D eigenvalue weighted by Gasteiger charge is -2.28. The molecule has 0 N–H and O–H groups in total. The summed E-state index contributed by atoms with van der Waals surface area (Å²) in [6.07, 6.45) is 4.83. The highest BCUT2D eigenvalue weighted by molar-refractivity contribution is 5.88. The molecule has 0 spiro atoms. The number of hydrogen-bond donors (Lipinski definition) is 0. The predicted octanol–water partition coefficient (Wildman–Crippen LogP) is 3.53. The maximum absolute atomic E-state index is 5.24. The van der Waals surface area contributed by atoms with Crippen LogP contribution >= 0.6 is 0 Å². The molecular weight excluding hydrogens is 288 g/mol. The van der Waals surface area contributed by atoms with Crippen LogP contribution in [0.15, 0.2) is 41.2 Å². The van der Waals surface area contributed by atoms with Gasteiger partial charge in [0, 0.05) is 13.1 Å². The minimum absolute atomic E-state index is 0.556. The zero-order valence-electron chi connectivity index (χ0n) is 13.3. The van der Waals surface area contributed by atoms with Gasteiger partial charge in [0.25, 0.3) is 5.71 Å². The zero-order valence-corrected chi connectivity index (χ0v) is 13.3. The van der Waals surface area contributed by atoms with Gasteiger partial charge in [-0.05, 0) is 31.4 Å². The van der Waals surface area contributed by atoms with Gasteiger partial charge in [0.15, 0.2) is 0 Å². The lowest BCUT2D eigenvalue weighted by Crippen LogP contribution is -2.29. The van der Waals surface area contributed by atoms with E-state index in [1.165, 1.54) is 16.7 Å². The summed E-state index contributed by atoms with van der Waals surface area (Å²) in [5.74, 6) is 0.910. The Kier molecular flexibility index (Phi) is 3.33. The van der Waals surface area contributed by atoms with Crippen molar-refractivity contribution < 1.29 is 4.52 Å². The minimum atomic E-state index is 0.556. The van der Waals surface area contributed by atoms with Crippen molar-refractivity contribution in [3.05, 3.63) is 53.5 Å². The van der Waals surface area contributed by atoms with Crippen molar-refractivity contribution >= 4 is 22.5 Å². The van der Waals surface area contributed by atoms with Crippen LogP contribution in [-0.4, -0.2) is 28.2 Å². The van der Waals surface area contributed by atoms with Crippen LogP contribution in [0.3, 0.4) is 0 Å². The molecule has 5 heteroatoms. The molecule has 0 saturated heterocycles. The molecule has 4 rings (SSSR count). The van der Waals surface area contributed by atoms with Crippen molar-refractivity contribution in [2.45, 2.75) is 20.3 Å². The van der Waals surface area contributed by atoms with E-state index in [4.69, 9.17) is 4.52 Å². The SMILES string of the molecule is Cc1cccc(C2=CCN(c3ncnc4onc(C)c34)CC2)c1. The second kappa shape index (κ2) is 5.50. The van der Waals surface area contributed by atoms with E-state index in [1.807, 2.05) is 6.92 Å². The second-order valence-corrected chi connectivity index (χ2v) is 5.94. The van der Waals surface area contributed by atoms with Gasteiger partial charge in [-0.1, -0.05) is 41.1 Å². The van der Waals surface area contributed by atoms with Crippen LogP contribution in [0.25, 0.3) is 16.7 Å². The second-order valence-electron chi connectivity index (χ2n) is 5.94. The van der Waals surface area contributed by atoms with Gasteiger partial charge in [-0.25, -0.2) is 4.98 Å². The average Bonchev–Trinajstić information content (AvgIpc) is 2.97. The van der Waals surface area contributed by atoms with Crippen LogP contribution in [0.2, 0.25) is 0 Å². The smallest absolute Gasteiger partial charge is 0.263 e. The summed E-state index contributed by atoms with van der Waals surface area (Å²) >= 11 is 0. The maximum atomic E-state index is 5.24. The number of fused-ring (bicyclic) bond motifs is 1. The summed E-state index contributed by atoms with van der Waals surface area (Å²) in [6.45, 7) is 5.82. The number of hydrogen-bond acceptors (Lipinski definition) is 5. The number of benzene rings is 1. The van der Waals surface area contributed by atoms with Gasteiger partial charge in [0.1, 0.15) is 17.5 Å². The first-order valence-electron chi connectivity index (χ1n) is 7.80. The molecule has 0 radical (unpaired) electrons. The number of aromatic nitrogens is 3. The molecule has 0 saturated carbocycles. The van der Waals surface area contributed by atoms with Crippen molar-refractivity contribution in [1.29, 1.82) is 0 Å². The Morgan fingerprint density at radius 2 is 2.09 bits per heavy atom. The Morgan fingerprint density at radius 3 is 2.87 bits per heavy atom. The van der Waals surface area contributed by atoms with Gasteiger partial charge >= 0.3 is 0 Å². The van der Waals surface area contributed by atoms with E-state index in [2.05, 4.69) is 57.3 Å². The van der Waals surface area contributed by atoms with E-state index in [1.54, 1.807) is 6.33 Å². The molecule has 0 aliphatic carbocycles. The molecule has 0 amide bonds.